The molecule has 94 valence electrons. The topological polar surface area (TPSA) is 12.9 Å². The smallest absolute Gasteiger partial charge is 0.0443 e. The van der Waals surface area contributed by atoms with E-state index in [1.54, 1.807) is 0 Å². The van der Waals surface area contributed by atoms with E-state index in [2.05, 4.69) is 46.9 Å². The first-order valence-corrected chi connectivity index (χ1v) is 7.66. The number of pyridine rings is 1. The van der Waals surface area contributed by atoms with E-state index in [4.69, 9.17) is 0 Å². The third-order valence-corrected chi connectivity index (χ3v) is 6.25. The van der Waals surface area contributed by atoms with Gasteiger partial charge in [0.2, 0.25) is 0 Å². The first-order chi connectivity index (χ1) is 8.19. The van der Waals surface area contributed by atoms with E-state index in [0.717, 1.165) is 0 Å². The van der Waals surface area contributed by atoms with Crippen LogP contribution in [0.5, 0.6) is 0 Å². The van der Waals surface area contributed by atoms with E-state index in [1.165, 1.54) is 37.8 Å². The standard InChI is InChI=1S/C15H22BrN/c1-3-15(9-5-6-10-15)14(16)12(2)13-8-4-7-11-17-13/h4,7-8,11-12,14H,3,5-6,9-10H2,1-2H3. The number of aromatic nitrogens is 1. The highest BCUT2D eigenvalue weighted by Crippen LogP contribution is 2.50. The summed E-state index contributed by atoms with van der Waals surface area (Å²) in [4.78, 5) is 5.06. The van der Waals surface area contributed by atoms with Gasteiger partial charge in [0, 0.05) is 22.6 Å². The van der Waals surface area contributed by atoms with E-state index in [9.17, 15) is 0 Å². The monoisotopic (exact) mass is 295 g/mol. The Morgan fingerprint density at radius 2 is 2.06 bits per heavy atom. The molecule has 1 aromatic heterocycles. The number of halogens is 1. The normalized spacial score (nSPS) is 22.3. The Morgan fingerprint density at radius 3 is 2.59 bits per heavy atom. The zero-order valence-electron chi connectivity index (χ0n) is 10.8. The van der Waals surface area contributed by atoms with Gasteiger partial charge >= 0.3 is 0 Å². The lowest BCUT2D eigenvalue weighted by atomic mass is 9.75. The summed E-state index contributed by atoms with van der Waals surface area (Å²) in [5.41, 5.74) is 1.71. The molecule has 0 radical (unpaired) electrons. The van der Waals surface area contributed by atoms with Gasteiger partial charge in [0.25, 0.3) is 0 Å². The minimum atomic E-state index is 0.495. The van der Waals surface area contributed by atoms with Crippen molar-refractivity contribution in [3.63, 3.8) is 0 Å². The van der Waals surface area contributed by atoms with Crippen LogP contribution in [-0.4, -0.2) is 9.81 Å². The third kappa shape index (κ3) is 2.57. The molecule has 2 heteroatoms. The van der Waals surface area contributed by atoms with Gasteiger partial charge in [-0.2, -0.15) is 0 Å². The third-order valence-electron chi connectivity index (χ3n) is 4.48. The van der Waals surface area contributed by atoms with Crippen LogP contribution in [0.2, 0.25) is 0 Å². The van der Waals surface area contributed by atoms with E-state index in [-0.39, 0.29) is 0 Å². The van der Waals surface area contributed by atoms with Crippen molar-refractivity contribution in [1.29, 1.82) is 0 Å². The predicted molar refractivity (Wildman–Crippen MR) is 76.6 cm³/mol. The molecule has 1 nitrogen and oxygen atoms in total. The molecule has 1 aromatic rings. The van der Waals surface area contributed by atoms with Crippen LogP contribution < -0.4 is 0 Å². The molecule has 2 atom stereocenters. The second kappa shape index (κ2) is 5.51. The lowest BCUT2D eigenvalue weighted by Crippen LogP contribution is -2.31. The van der Waals surface area contributed by atoms with Crippen molar-refractivity contribution in [1.82, 2.24) is 4.98 Å². The summed E-state index contributed by atoms with van der Waals surface area (Å²) in [7, 11) is 0. The van der Waals surface area contributed by atoms with Crippen molar-refractivity contribution in [3.8, 4) is 0 Å². The highest BCUT2D eigenvalue weighted by atomic mass is 79.9. The number of nitrogens with zero attached hydrogens (tertiary/aromatic N) is 1. The number of hydrogen-bond acceptors (Lipinski definition) is 1. The summed E-state index contributed by atoms with van der Waals surface area (Å²) in [5, 5.41) is 0. The van der Waals surface area contributed by atoms with Crippen LogP contribution in [0.1, 0.15) is 57.6 Å². The maximum atomic E-state index is 4.51. The summed E-state index contributed by atoms with van der Waals surface area (Å²) in [6.07, 6.45) is 8.71. The van der Waals surface area contributed by atoms with Crippen LogP contribution in [0, 0.1) is 5.41 Å². The van der Waals surface area contributed by atoms with E-state index in [1.807, 2.05) is 12.3 Å². The van der Waals surface area contributed by atoms with Crippen LogP contribution in [0.3, 0.4) is 0 Å². The van der Waals surface area contributed by atoms with Gasteiger partial charge in [-0.1, -0.05) is 48.7 Å². The van der Waals surface area contributed by atoms with Crippen molar-refractivity contribution >= 4 is 15.9 Å². The van der Waals surface area contributed by atoms with Gasteiger partial charge in [0.1, 0.15) is 0 Å². The van der Waals surface area contributed by atoms with Gasteiger partial charge in [-0.05, 0) is 36.8 Å². The molecule has 1 saturated carbocycles. The zero-order valence-corrected chi connectivity index (χ0v) is 12.4. The Labute approximate surface area is 113 Å². The van der Waals surface area contributed by atoms with Crippen LogP contribution >= 0.6 is 15.9 Å². The van der Waals surface area contributed by atoms with Crippen LogP contribution in [-0.2, 0) is 0 Å². The quantitative estimate of drug-likeness (QED) is 0.719. The molecule has 0 saturated heterocycles. The van der Waals surface area contributed by atoms with Gasteiger partial charge in [-0.3, -0.25) is 4.98 Å². The average molecular weight is 296 g/mol. The Morgan fingerprint density at radius 1 is 1.35 bits per heavy atom. The highest BCUT2D eigenvalue weighted by Gasteiger charge is 2.41. The number of hydrogen-bond donors (Lipinski definition) is 0. The SMILES string of the molecule is CCC1(C(Br)C(C)c2ccccn2)CCCC1. The van der Waals surface area contributed by atoms with Gasteiger partial charge in [0.15, 0.2) is 0 Å². The second-order valence-electron chi connectivity index (χ2n) is 5.37. The minimum Gasteiger partial charge on any atom is -0.261 e. The zero-order chi connectivity index (χ0) is 12.3. The Hall–Kier alpha value is -0.370. The summed E-state index contributed by atoms with van der Waals surface area (Å²) in [6.45, 7) is 4.64. The molecule has 0 N–H and O–H groups in total. The molecule has 0 aliphatic heterocycles. The Bertz CT molecular complexity index is 343. The van der Waals surface area contributed by atoms with Crippen molar-refractivity contribution in [2.24, 2.45) is 5.41 Å². The lowest BCUT2D eigenvalue weighted by molar-refractivity contribution is 0.257. The van der Waals surface area contributed by atoms with E-state index < -0.39 is 0 Å². The second-order valence-corrected chi connectivity index (χ2v) is 6.35. The summed E-state index contributed by atoms with van der Waals surface area (Å²) in [5.74, 6) is 0.495. The molecular formula is C15H22BrN. The molecular weight excluding hydrogens is 274 g/mol. The molecule has 0 aromatic carbocycles. The van der Waals surface area contributed by atoms with E-state index >= 15 is 0 Å². The van der Waals surface area contributed by atoms with Crippen LogP contribution in [0.4, 0.5) is 0 Å². The average Bonchev–Trinajstić information content (AvgIpc) is 2.88. The fourth-order valence-electron chi connectivity index (χ4n) is 3.23. The highest BCUT2D eigenvalue weighted by molar-refractivity contribution is 9.09. The molecule has 2 unspecified atom stereocenters. The van der Waals surface area contributed by atoms with Gasteiger partial charge in [0.05, 0.1) is 0 Å². The Balaban J connectivity index is 2.16. The first-order valence-electron chi connectivity index (χ1n) is 6.74. The van der Waals surface area contributed by atoms with Crippen molar-refractivity contribution in [2.75, 3.05) is 0 Å². The van der Waals surface area contributed by atoms with Crippen LogP contribution in [0.25, 0.3) is 0 Å². The first kappa shape index (κ1) is 13.1. The molecule has 0 amide bonds. The molecule has 17 heavy (non-hydrogen) atoms. The molecule has 0 spiro atoms. The summed E-state index contributed by atoms with van der Waals surface area (Å²) in [6, 6.07) is 6.23. The van der Waals surface area contributed by atoms with Gasteiger partial charge in [-0.25, -0.2) is 0 Å². The Kier molecular flexibility index (Phi) is 4.24. The fourth-order valence-corrected chi connectivity index (χ4v) is 4.28. The molecule has 2 rings (SSSR count). The van der Waals surface area contributed by atoms with Crippen LogP contribution in [0.15, 0.2) is 24.4 Å². The number of rotatable bonds is 4. The number of alkyl halides is 1. The molecule has 1 fully saturated rings. The molecule has 1 aliphatic rings. The van der Waals surface area contributed by atoms with Crippen molar-refractivity contribution in [3.05, 3.63) is 30.1 Å². The minimum absolute atomic E-state index is 0.495. The van der Waals surface area contributed by atoms with E-state index in [0.29, 0.717) is 16.2 Å². The molecule has 1 aliphatic carbocycles. The predicted octanol–water partition coefficient (Wildman–Crippen LogP) is 4.92. The van der Waals surface area contributed by atoms with Crippen molar-refractivity contribution in [2.45, 2.75) is 56.7 Å². The maximum Gasteiger partial charge on any atom is 0.0443 e. The molecule has 1 heterocycles. The fraction of sp³-hybridized carbons (Fsp3) is 0.667. The maximum absolute atomic E-state index is 4.51. The lowest BCUT2D eigenvalue weighted by Gasteiger charge is -2.36. The van der Waals surface area contributed by atoms with Gasteiger partial charge in [-0.15, -0.1) is 0 Å². The van der Waals surface area contributed by atoms with Crippen molar-refractivity contribution < 1.29 is 0 Å². The summed E-state index contributed by atoms with van der Waals surface area (Å²) < 4.78 is 0. The summed E-state index contributed by atoms with van der Waals surface area (Å²) >= 11 is 3.98. The molecule has 0 bridgehead atoms. The van der Waals surface area contributed by atoms with Gasteiger partial charge < -0.3 is 0 Å². The largest absolute Gasteiger partial charge is 0.261 e.